The SMILES string of the molecule is CCNC(=NCC(c1cccc(Cl)c1)N1CCOCC1)NCCOC. The monoisotopic (exact) mass is 368 g/mol. The second-order valence-corrected chi connectivity index (χ2v) is 6.29. The molecule has 140 valence electrons. The number of hydrogen-bond acceptors (Lipinski definition) is 4. The second kappa shape index (κ2) is 11.3. The van der Waals surface area contributed by atoms with Crippen LogP contribution < -0.4 is 10.6 Å². The molecule has 0 saturated carbocycles. The van der Waals surface area contributed by atoms with Crippen molar-refractivity contribution in [2.75, 3.05) is 59.7 Å². The molecule has 2 N–H and O–H groups in total. The number of halogens is 1. The first-order valence-electron chi connectivity index (χ1n) is 8.83. The average Bonchev–Trinajstić information content (AvgIpc) is 2.63. The lowest BCUT2D eigenvalue weighted by atomic mass is 10.0. The van der Waals surface area contributed by atoms with E-state index < -0.39 is 0 Å². The Bertz CT molecular complexity index is 536. The van der Waals surface area contributed by atoms with E-state index in [1.807, 2.05) is 18.2 Å². The number of aliphatic imine (C=N–C) groups is 1. The van der Waals surface area contributed by atoms with Crippen molar-refractivity contribution < 1.29 is 9.47 Å². The van der Waals surface area contributed by atoms with Crippen LogP contribution in [0.3, 0.4) is 0 Å². The number of benzene rings is 1. The fourth-order valence-electron chi connectivity index (χ4n) is 2.83. The number of guanidine groups is 1. The summed E-state index contributed by atoms with van der Waals surface area (Å²) in [4.78, 5) is 7.19. The Hall–Kier alpha value is -1.34. The lowest BCUT2D eigenvalue weighted by Gasteiger charge is -2.34. The van der Waals surface area contributed by atoms with Crippen LogP contribution in [0.15, 0.2) is 29.3 Å². The van der Waals surface area contributed by atoms with Gasteiger partial charge < -0.3 is 20.1 Å². The van der Waals surface area contributed by atoms with Crippen molar-refractivity contribution in [2.45, 2.75) is 13.0 Å². The van der Waals surface area contributed by atoms with Crippen molar-refractivity contribution in [3.63, 3.8) is 0 Å². The lowest BCUT2D eigenvalue weighted by Crippen LogP contribution is -2.42. The van der Waals surface area contributed by atoms with Crippen LogP contribution in [0.4, 0.5) is 0 Å². The minimum atomic E-state index is 0.181. The molecule has 0 spiro atoms. The maximum atomic E-state index is 6.21. The molecule has 25 heavy (non-hydrogen) atoms. The van der Waals surface area contributed by atoms with E-state index in [9.17, 15) is 0 Å². The largest absolute Gasteiger partial charge is 0.383 e. The van der Waals surface area contributed by atoms with Gasteiger partial charge in [0.2, 0.25) is 0 Å². The molecule has 0 aliphatic carbocycles. The van der Waals surface area contributed by atoms with Gasteiger partial charge in [-0.25, -0.2) is 0 Å². The predicted molar refractivity (Wildman–Crippen MR) is 102 cm³/mol. The maximum Gasteiger partial charge on any atom is 0.191 e. The van der Waals surface area contributed by atoms with Crippen LogP contribution in [-0.4, -0.2) is 70.5 Å². The summed E-state index contributed by atoms with van der Waals surface area (Å²) in [6.45, 7) is 8.22. The summed E-state index contributed by atoms with van der Waals surface area (Å²) < 4.78 is 10.6. The molecule has 1 aliphatic rings. The van der Waals surface area contributed by atoms with Gasteiger partial charge in [0.15, 0.2) is 5.96 Å². The van der Waals surface area contributed by atoms with E-state index in [2.05, 4.69) is 28.5 Å². The molecule has 1 heterocycles. The molecule has 1 aliphatic heterocycles. The van der Waals surface area contributed by atoms with E-state index >= 15 is 0 Å². The van der Waals surface area contributed by atoms with E-state index in [1.54, 1.807) is 7.11 Å². The van der Waals surface area contributed by atoms with Crippen molar-refractivity contribution in [1.29, 1.82) is 0 Å². The molecule has 1 aromatic carbocycles. The van der Waals surface area contributed by atoms with Crippen molar-refractivity contribution >= 4 is 17.6 Å². The molecule has 1 atom stereocenters. The van der Waals surface area contributed by atoms with Gasteiger partial charge in [0, 0.05) is 38.3 Å². The zero-order valence-electron chi connectivity index (χ0n) is 15.1. The normalized spacial score (nSPS) is 17.3. The number of morpholine rings is 1. The molecule has 0 radical (unpaired) electrons. The van der Waals surface area contributed by atoms with Gasteiger partial charge in [0.25, 0.3) is 0 Å². The Labute approximate surface area is 155 Å². The van der Waals surface area contributed by atoms with Crippen LogP contribution in [0.2, 0.25) is 5.02 Å². The van der Waals surface area contributed by atoms with Gasteiger partial charge in [-0.3, -0.25) is 9.89 Å². The third-order valence-electron chi connectivity index (χ3n) is 4.09. The topological polar surface area (TPSA) is 58.1 Å². The molecule has 1 saturated heterocycles. The zero-order valence-corrected chi connectivity index (χ0v) is 15.9. The first kappa shape index (κ1) is 20.0. The second-order valence-electron chi connectivity index (χ2n) is 5.86. The van der Waals surface area contributed by atoms with E-state index in [0.29, 0.717) is 13.2 Å². The Morgan fingerprint density at radius 2 is 2.16 bits per heavy atom. The first-order valence-corrected chi connectivity index (χ1v) is 9.20. The summed E-state index contributed by atoms with van der Waals surface area (Å²) in [5.41, 5.74) is 1.19. The Kier molecular flexibility index (Phi) is 9.04. The van der Waals surface area contributed by atoms with Gasteiger partial charge in [0.05, 0.1) is 32.4 Å². The molecular weight excluding hydrogens is 340 g/mol. The Morgan fingerprint density at radius 1 is 1.36 bits per heavy atom. The fourth-order valence-corrected chi connectivity index (χ4v) is 3.02. The van der Waals surface area contributed by atoms with Crippen LogP contribution in [0.5, 0.6) is 0 Å². The Balaban J connectivity index is 2.11. The van der Waals surface area contributed by atoms with Crippen LogP contribution in [0, 0.1) is 0 Å². The smallest absolute Gasteiger partial charge is 0.191 e. The molecule has 7 heteroatoms. The summed E-state index contributed by atoms with van der Waals surface area (Å²) in [5, 5.41) is 7.32. The van der Waals surface area contributed by atoms with Gasteiger partial charge in [-0.15, -0.1) is 0 Å². The van der Waals surface area contributed by atoms with Gasteiger partial charge in [-0.05, 0) is 24.6 Å². The number of nitrogens with zero attached hydrogens (tertiary/aromatic N) is 2. The Morgan fingerprint density at radius 3 is 2.84 bits per heavy atom. The minimum Gasteiger partial charge on any atom is -0.383 e. The van der Waals surface area contributed by atoms with E-state index in [1.165, 1.54) is 5.56 Å². The first-order chi connectivity index (χ1) is 12.2. The highest BCUT2D eigenvalue weighted by Gasteiger charge is 2.22. The summed E-state index contributed by atoms with van der Waals surface area (Å²) in [6.07, 6.45) is 0. The van der Waals surface area contributed by atoms with Crippen LogP contribution in [0.1, 0.15) is 18.5 Å². The molecule has 1 aromatic rings. The van der Waals surface area contributed by atoms with Crippen molar-refractivity contribution in [3.05, 3.63) is 34.9 Å². The third-order valence-corrected chi connectivity index (χ3v) is 4.32. The summed E-state index contributed by atoms with van der Waals surface area (Å²) in [6, 6.07) is 8.23. The molecule has 2 rings (SSSR count). The molecule has 1 fully saturated rings. The fraction of sp³-hybridized carbons (Fsp3) is 0.611. The highest BCUT2D eigenvalue weighted by Crippen LogP contribution is 2.24. The molecule has 0 aromatic heterocycles. The van der Waals surface area contributed by atoms with Gasteiger partial charge in [-0.1, -0.05) is 23.7 Å². The third kappa shape index (κ3) is 6.82. The zero-order chi connectivity index (χ0) is 17.9. The van der Waals surface area contributed by atoms with Crippen molar-refractivity contribution in [3.8, 4) is 0 Å². The molecular formula is C18H29ClN4O2. The summed E-state index contributed by atoms with van der Waals surface area (Å²) in [5.74, 6) is 0.805. The predicted octanol–water partition coefficient (Wildman–Crippen LogP) is 1.91. The number of ether oxygens (including phenoxy) is 2. The van der Waals surface area contributed by atoms with E-state index in [0.717, 1.165) is 50.4 Å². The van der Waals surface area contributed by atoms with Crippen LogP contribution in [-0.2, 0) is 9.47 Å². The summed E-state index contributed by atoms with van der Waals surface area (Å²) >= 11 is 6.21. The highest BCUT2D eigenvalue weighted by atomic mass is 35.5. The van der Waals surface area contributed by atoms with Gasteiger partial charge in [-0.2, -0.15) is 0 Å². The lowest BCUT2D eigenvalue weighted by molar-refractivity contribution is 0.0179. The molecule has 0 bridgehead atoms. The standard InChI is InChI=1S/C18H29ClN4O2/c1-3-20-18(21-7-10-24-2)22-14-17(23-8-11-25-12-9-23)15-5-4-6-16(19)13-15/h4-6,13,17H,3,7-12,14H2,1-2H3,(H2,20,21,22). The van der Waals surface area contributed by atoms with Crippen molar-refractivity contribution in [1.82, 2.24) is 15.5 Å². The van der Waals surface area contributed by atoms with Crippen LogP contribution in [0.25, 0.3) is 0 Å². The number of nitrogens with one attached hydrogen (secondary N) is 2. The maximum absolute atomic E-state index is 6.21. The van der Waals surface area contributed by atoms with Crippen LogP contribution >= 0.6 is 11.6 Å². The molecule has 0 amide bonds. The molecule has 1 unspecified atom stereocenters. The number of hydrogen-bond donors (Lipinski definition) is 2. The summed E-state index contributed by atoms with van der Waals surface area (Å²) in [7, 11) is 1.69. The number of rotatable bonds is 8. The van der Waals surface area contributed by atoms with Gasteiger partial charge >= 0.3 is 0 Å². The van der Waals surface area contributed by atoms with E-state index in [4.69, 9.17) is 26.1 Å². The average molecular weight is 369 g/mol. The molecule has 6 nitrogen and oxygen atoms in total. The highest BCUT2D eigenvalue weighted by molar-refractivity contribution is 6.30. The quantitative estimate of drug-likeness (QED) is 0.417. The van der Waals surface area contributed by atoms with Crippen molar-refractivity contribution in [2.24, 2.45) is 4.99 Å². The minimum absolute atomic E-state index is 0.181. The number of methoxy groups -OCH3 is 1. The van der Waals surface area contributed by atoms with Gasteiger partial charge in [0.1, 0.15) is 0 Å². The van der Waals surface area contributed by atoms with E-state index in [-0.39, 0.29) is 6.04 Å².